The number of hydrogen-bond acceptors (Lipinski definition) is 6. The topological polar surface area (TPSA) is 93.1 Å². The van der Waals surface area contributed by atoms with Crippen LogP contribution in [0.3, 0.4) is 0 Å². The average Bonchev–Trinajstić information content (AvgIpc) is 3.08. The van der Waals surface area contributed by atoms with Crippen LogP contribution in [0.15, 0.2) is 84.6 Å². The third-order valence-corrected chi connectivity index (χ3v) is 6.24. The number of ether oxygens (including phenoxy) is 2. The first-order valence-electron chi connectivity index (χ1n) is 10.1. The predicted molar refractivity (Wildman–Crippen MR) is 114 cm³/mol. The lowest BCUT2D eigenvalue weighted by Gasteiger charge is -2.43. The Labute approximate surface area is 182 Å². The van der Waals surface area contributed by atoms with E-state index in [-0.39, 0.29) is 22.6 Å². The molecule has 2 atom stereocenters. The molecule has 0 amide bonds. The van der Waals surface area contributed by atoms with Gasteiger partial charge in [0.2, 0.25) is 0 Å². The number of para-hydroxylation sites is 1. The number of allylic oxidation sites excluding steroid dienone is 3. The first-order valence-corrected chi connectivity index (χ1v) is 10.1. The molecule has 32 heavy (non-hydrogen) atoms. The standard InChI is InChI=1S/C26H16O6/c27-18-9-5-10-19(28)22(18)15-12-13-21-23(24(15)29)26(17-8-3-4-11-20(17)31-21)16-7-2-1-6-14(16)25(30)32-26/h1-13,23,27-28H. The number of fused-ring (bicyclic) bond motifs is 6. The number of ketones is 1. The van der Waals surface area contributed by atoms with Crippen molar-refractivity contribution in [3.63, 3.8) is 0 Å². The molecule has 3 aromatic rings. The molecular formula is C26H16O6. The van der Waals surface area contributed by atoms with Crippen molar-refractivity contribution in [2.45, 2.75) is 5.60 Å². The summed E-state index contributed by atoms with van der Waals surface area (Å²) in [6.45, 7) is 0. The third kappa shape index (κ3) is 2.23. The summed E-state index contributed by atoms with van der Waals surface area (Å²) in [5, 5.41) is 20.8. The van der Waals surface area contributed by atoms with Crippen LogP contribution in [0.4, 0.5) is 0 Å². The van der Waals surface area contributed by atoms with Gasteiger partial charge in [0.15, 0.2) is 11.4 Å². The Bertz CT molecular complexity index is 1380. The second-order valence-electron chi connectivity index (χ2n) is 7.89. The molecule has 0 saturated carbocycles. The minimum atomic E-state index is -1.43. The van der Waals surface area contributed by atoms with Crippen LogP contribution >= 0.6 is 0 Å². The Kier molecular flexibility index (Phi) is 3.66. The number of esters is 1. The maximum absolute atomic E-state index is 13.9. The van der Waals surface area contributed by atoms with Gasteiger partial charge in [0, 0.05) is 16.7 Å². The maximum atomic E-state index is 13.9. The van der Waals surface area contributed by atoms with E-state index < -0.39 is 23.3 Å². The van der Waals surface area contributed by atoms with E-state index in [9.17, 15) is 19.8 Å². The summed E-state index contributed by atoms with van der Waals surface area (Å²) < 4.78 is 12.1. The highest BCUT2D eigenvalue weighted by molar-refractivity contribution is 6.26. The van der Waals surface area contributed by atoms with E-state index in [1.807, 2.05) is 6.07 Å². The smallest absolute Gasteiger partial charge is 0.339 e. The zero-order chi connectivity index (χ0) is 22.0. The van der Waals surface area contributed by atoms with Crippen LogP contribution in [0.2, 0.25) is 0 Å². The summed E-state index contributed by atoms with van der Waals surface area (Å²) in [6, 6.07) is 18.4. The van der Waals surface area contributed by atoms with Gasteiger partial charge in [-0.05, 0) is 36.4 Å². The second-order valence-corrected chi connectivity index (χ2v) is 7.89. The van der Waals surface area contributed by atoms with Crippen LogP contribution < -0.4 is 4.74 Å². The Morgan fingerprint density at radius 1 is 0.781 bits per heavy atom. The van der Waals surface area contributed by atoms with Crippen LogP contribution in [-0.2, 0) is 15.1 Å². The van der Waals surface area contributed by atoms with Crippen LogP contribution in [-0.4, -0.2) is 22.0 Å². The van der Waals surface area contributed by atoms with Crippen molar-refractivity contribution < 1.29 is 29.3 Å². The number of hydrogen-bond donors (Lipinski definition) is 2. The molecule has 0 fully saturated rings. The van der Waals surface area contributed by atoms with Gasteiger partial charge >= 0.3 is 5.97 Å². The SMILES string of the molecule is O=C1OC2(c3ccccc3OC3=CC=C(c4c(O)cccc4O)C(=O)C32)c2ccccc21. The van der Waals surface area contributed by atoms with Crippen molar-refractivity contribution in [3.05, 3.63) is 107 Å². The molecular weight excluding hydrogens is 408 g/mol. The molecule has 1 spiro atoms. The van der Waals surface area contributed by atoms with Crippen LogP contribution in [0.25, 0.3) is 5.57 Å². The van der Waals surface area contributed by atoms with Crippen LogP contribution in [0, 0.1) is 5.92 Å². The van der Waals surface area contributed by atoms with Gasteiger partial charge in [0.05, 0.1) is 11.1 Å². The summed E-state index contributed by atoms with van der Waals surface area (Å²) in [6.07, 6.45) is 3.13. The van der Waals surface area contributed by atoms with Crippen LogP contribution in [0.1, 0.15) is 27.0 Å². The number of phenols is 2. The van der Waals surface area contributed by atoms with Crippen molar-refractivity contribution in [1.29, 1.82) is 0 Å². The van der Waals surface area contributed by atoms with Gasteiger partial charge in [-0.2, -0.15) is 0 Å². The number of phenolic OH excluding ortho intramolecular Hbond substituents is 2. The van der Waals surface area contributed by atoms with E-state index in [1.54, 1.807) is 48.5 Å². The summed E-state index contributed by atoms with van der Waals surface area (Å²) in [5.41, 5.74) is 0.240. The quantitative estimate of drug-likeness (QED) is 0.572. The fourth-order valence-electron chi connectivity index (χ4n) is 4.92. The van der Waals surface area contributed by atoms with Crippen molar-refractivity contribution in [3.8, 4) is 17.2 Å². The largest absolute Gasteiger partial charge is 0.507 e. The summed E-state index contributed by atoms with van der Waals surface area (Å²) in [7, 11) is 0. The van der Waals surface area contributed by atoms with E-state index in [2.05, 4.69) is 0 Å². The molecule has 2 heterocycles. The number of carbonyl (C=O) groups is 2. The molecule has 6 heteroatoms. The Morgan fingerprint density at radius 3 is 2.25 bits per heavy atom. The van der Waals surface area contributed by atoms with E-state index in [1.165, 1.54) is 24.3 Å². The molecule has 2 aliphatic heterocycles. The minimum absolute atomic E-state index is 0.0272. The normalized spacial score (nSPS) is 22.8. The van der Waals surface area contributed by atoms with E-state index >= 15 is 0 Å². The summed E-state index contributed by atoms with van der Waals surface area (Å²) >= 11 is 0. The fourth-order valence-corrected chi connectivity index (χ4v) is 4.92. The van der Waals surface area contributed by atoms with Crippen molar-refractivity contribution in [1.82, 2.24) is 0 Å². The van der Waals surface area contributed by atoms with Crippen molar-refractivity contribution >= 4 is 17.3 Å². The Balaban J connectivity index is 1.64. The monoisotopic (exact) mass is 424 g/mol. The van der Waals surface area contributed by atoms with Crippen LogP contribution in [0.5, 0.6) is 17.2 Å². The van der Waals surface area contributed by atoms with Gasteiger partial charge < -0.3 is 19.7 Å². The predicted octanol–water partition coefficient (Wildman–Crippen LogP) is 4.07. The molecule has 0 aromatic heterocycles. The van der Waals surface area contributed by atoms with Gasteiger partial charge in [-0.15, -0.1) is 0 Å². The molecule has 6 nitrogen and oxygen atoms in total. The highest BCUT2D eigenvalue weighted by Crippen LogP contribution is 2.57. The molecule has 2 N–H and O–H groups in total. The zero-order valence-corrected chi connectivity index (χ0v) is 16.6. The third-order valence-electron chi connectivity index (χ3n) is 6.24. The zero-order valence-electron chi connectivity index (χ0n) is 16.6. The second kappa shape index (κ2) is 6.34. The average molecular weight is 424 g/mol. The Hall–Kier alpha value is -4.32. The highest BCUT2D eigenvalue weighted by Gasteiger charge is 2.61. The minimum Gasteiger partial charge on any atom is -0.507 e. The first-order chi connectivity index (χ1) is 15.5. The molecule has 3 aromatic carbocycles. The summed E-state index contributed by atoms with van der Waals surface area (Å²) in [5.74, 6) is -1.60. The first kappa shape index (κ1) is 18.4. The lowest BCUT2D eigenvalue weighted by Crippen LogP contribution is -2.47. The van der Waals surface area contributed by atoms with E-state index in [0.717, 1.165) is 0 Å². The lowest BCUT2D eigenvalue weighted by atomic mass is 9.68. The number of benzene rings is 3. The number of aromatic hydroxyl groups is 2. The van der Waals surface area contributed by atoms with Gasteiger partial charge in [-0.1, -0.05) is 42.5 Å². The van der Waals surface area contributed by atoms with Gasteiger partial charge in [-0.3, -0.25) is 4.79 Å². The molecule has 1 aliphatic carbocycles. The van der Waals surface area contributed by atoms with E-state index in [0.29, 0.717) is 28.2 Å². The Morgan fingerprint density at radius 2 is 1.47 bits per heavy atom. The maximum Gasteiger partial charge on any atom is 0.339 e. The molecule has 0 bridgehead atoms. The molecule has 2 unspecified atom stereocenters. The van der Waals surface area contributed by atoms with Crippen molar-refractivity contribution in [2.75, 3.05) is 0 Å². The van der Waals surface area contributed by atoms with Gasteiger partial charge in [-0.25, -0.2) is 4.79 Å². The van der Waals surface area contributed by atoms with E-state index in [4.69, 9.17) is 9.47 Å². The number of carbonyl (C=O) groups excluding carboxylic acids is 2. The summed E-state index contributed by atoms with van der Waals surface area (Å²) in [4.78, 5) is 26.9. The van der Waals surface area contributed by atoms with Gasteiger partial charge in [0.25, 0.3) is 0 Å². The molecule has 3 aliphatic rings. The van der Waals surface area contributed by atoms with Gasteiger partial charge in [0.1, 0.15) is 28.9 Å². The van der Waals surface area contributed by atoms with Crippen molar-refractivity contribution in [2.24, 2.45) is 5.92 Å². The molecule has 0 saturated heterocycles. The molecule has 156 valence electrons. The lowest BCUT2D eigenvalue weighted by molar-refractivity contribution is -0.125. The molecule has 0 radical (unpaired) electrons. The highest BCUT2D eigenvalue weighted by atomic mass is 16.6. The number of Topliss-reactive ketones (excluding diaryl/α,β-unsaturated/α-hetero) is 1. The fraction of sp³-hybridized carbons (Fsp3) is 0.0769. The number of rotatable bonds is 1. The molecule has 6 rings (SSSR count).